The fourth-order valence-electron chi connectivity index (χ4n) is 9.90. The second kappa shape index (κ2) is 14.0. The number of nitrogens with zero attached hydrogens (tertiary/aromatic N) is 4. The van der Waals surface area contributed by atoms with Gasteiger partial charge < -0.3 is 15.0 Å². The van der Waals surface area contributed by atoms with Crippen LogP contribution >= 0.6 is 11.6 Å². The van der Waals surface area contributed by atoms with Crippen LogP contribution in [0.3, 0.4) is 0 Å². The van der Waals surface area contributed by atoms with Crippen LogP contribution in [-0.4, -0.2) is 82.1 Å². The van der Waals surface area contributed by atoms with Gasteiger partial charge in [-0.15, -0.1) is 0 Å². The lowest BCUT2D eigenvalue weighted by molar-refractivity contribution is -0.147. The number of carbonyl (C=O) groups excluding carboxylic acids is 5. The monoisotopic (exact) mass is 776 g/mol. The minimum Gasteiger partial charge on any atom is -0.489 e. The predicted octanol–water partition coefficient (Wildman–Crippen LogP) is 6.45. The summed E-state index contributed by atoms with van der Waals surface area (Å²) in [5.74, 6) is -0.891. The van der Waals surface area contributed by atoms with E-state index in [1.54, 1.807) is 30.3 Å². The average Bonchev–Trinajstić information content (AvgIpc) is 3.67. The van der Waals surface area contributed by atoms with Gasteiger partial charge in [0.1, 0.15) is 17.9 Å². The Labute approximate surface area is 331 Å². The Hall–Kier alpha value is -5.25. The molecule has 3 aromatic carbocycles. The summed E-state index contributed by atoms with van der Waals surface area (Å²) in [5, 5.41) is 6.31. The van der Waals surface area contributed by atoms with E-state index < -0.39 is 29.7 Å². The van der Waals surface area contributed by atoms with Crippen molar-refractivity contribution in [2.75, 3.05) is 25.0 Å². The number of likely N-dealkylation sites (tertiary alicyclic amines) is 1. The lowest BCUT2D eigenvalue weighted by Crippen LogP contribution is -2.72. The highest BCUT2D eigenvalue weighted by atomic mass is 35.5. The number of halogens is 1. The van der Waals surface area contributed by atoms with Crippen LogP contribution in [0.25, 0.3) is 4.85 Å². The van der Waals surface area contributed by atoms with E-state index in [1.165, 1.54) is 0 Å². The smallest absolute Gasteiger partial charge is 0.262 e. The third-order valence-corrected chi connectivity index (χ3v) is 12.8. The Kier molecular flexibility index (Phi) is 9.45. The zero-order valence-corrected chi connectivity index (χ0v) is 32.7. The molecule has 0 aromatic heterocycles. The molecule has 0 bridgehead atoms. The van der Waals surface area contributed by atoms with Gasteiger partial charge in [-0.1, -0.05) is 45.4 Å². The first kappa shape index (κ1) is 37.7. The summed E-state index contributed by atoms with van der Waals surface area (Å²) in [7, 11) is 0. The van der Waals surface area contributed by atoms with Crippen molar-refractivity contribution in [3.8, 4) is 5.75 Å². The number of piperidine rings is 2. The average molecular weight is 777 g/mol. The molecule has 13 heteroatoms. The lowest BCUT2D eigenvalue weighted by atomic mass is 9.49. The number of amides is 5. The molecule has 3 aromatic rings. The van der Waals surface area contributed by atoms with Crippen molar-refractivity contribution < 1.29 is 28.7 Å². The summed E-state index contributed by atoms with van der Waals surface area (Å²) < 4.78 is 6.43. The molecule has 290 valence electrons. The second-order valence-electron chi connectivity index (χ2n) is 17.0. The fourth-order valence-corrected chi connectivity index (χ4v) is 10.1. The quantitative estimate of drug-likeness (QED) is 0.197. The Balaban J connectivity index is 0.821. The van der Waals surface area contributed by atoms with Gasteiger partial charge in [0.15, 0.2) is 0 Å². The number of ether oxygens (including phenoxy) is 1. The number of imide groups is 2. The van der Waals surface area contributed by atoms with E-state index in [-0.39, 0.29) is 41.7 Å². The molecule has 0 unspecified atom stereocenters. The Morgan fingerprint density at radius 2 is 1.54 bits per heavy atom. The molecule has 0 radical (unpaired) electrons. The van der Waals surface area contributed by atoms with E-state index in [2.05, 4.69) is 48.1 Å². The van der Waals surface area contributed by atoms with Crippen LogP contribution in [0.5, 0.6) is 5.75 Å². The zero-order valence-electron chi connectivity index (χ0n) is 32.0. The van der Waals surface area contributed by atoms with Crippen molar-refractivity contribution >= 4 is 52.5 Å². The molecule has 1 aliphatic carbocycles. The molecule has 8 rings (SSSR count). The van der Waals surface area contributed by atoms with Gasteiger partial charge in [0.25, 0.3) is 17.7 Å². The maximum atomic E-state index is 13.6. The normalized spacial score (nSPS) is 24.2. The third-order valence-electron chi connectivity index (χ3n) is 12.5. The van der Waals surface area contributed by atoms with Crippen LogP contribution in [0, 0.1) is 23.3 Å². The van der Waals surface area contributed by atoms with E-state index in [4.69, 9.17) is 22.9 Å². The molecule has 2 N–H and O–H groups in total. The molecular formula is C43H45ClN6O6. The summed E-state index contributed by atoms with van der Waals surface area (Å²) in [6.07, 6.45) is 1.90. The van der Waals surface area contributed by atoms with Gasteiger partial charge >= 0.3 is 0 Å². The highest BCUT2D eigenvalue weighted by Crippen LogP contribution is 2.56. The fraction of sp³-hybridized carbons (Fsp3) is 0.442. The van der Waals surface area contributed by atoms with E-state index in [0.29, 0.717) is 65.2 Å². The summed E-state index contributed by atoms with van der Waals surface area (Å²) in [5.41, 5.74) is 4.21. The highest BCUT2D eigenvalue weighted by Gasteiger charge is 2.63. The number of hydrogen-bond acceptors (Lipinski definition) is 8. The Morgan fingerprint density at radius 1 is 0.911 bits per heavy atom. The van der Waals surface area contributed by atoms with Gasteiger partial charge in [-0.3, -0.25) is 39.1 Å². The van der Waals surface area contributed by atoms with Crippen molar-refractivity contribution in [2.45, 2.75) is 84.7 Å². The Bertz CT molecular complexity index is 2140. The van der Waals surface area contributed by atoms with Crippen LogP contribution in [0.4, 0.5) is 11.4 Å². The molecule has 3 fully saturated rings. The van der Waals surface area contributed by atoms with E-state index >= 15 is 0 Å². The molecule has 1 atom stereocenters. The molecule has 1 saturated carbocycles. The lowest BCUT2D eigenvalue weighted by Gasteiger charge is -2.63. The molecular weight excluding hydrogens is 732 g/mol. The molecule has 56 heavy (non-hydrogen) atoms. The maximum absolute atomic E-state index is 13.6. The van der Waals surface area contributed by atoms with Crippen molar-refractivity contribution in [2.24, 2.45) is 16.7 Å². The van der Waals surface area contributed by atoms with Crippen LogP contribution in [-0.2, 0) is 22.7 Å². The molecule has 5 amide bonds. The molecule has 5 aliphatic rings. The van der Waals surface area contributed by atoms with Crippen LogP contribution in [0.15, 0.2) is 54.6 Å². The summed E-state index contributed by atoms with van der Waals surface area (Å²) >= 11 is 6.27. The predicted molar refractivity (Wildman–Crippen MR) is 209 cm³/mol. The van der Waals surface area contributed by atoms with Crippen LogP contribution < -0.4 is 15.4 Å². The largest absolute Gasteiger partial charge is 0.489 e. The third kappa shape index (κ3) is 6.50. The number of rotatable bonds is 8. The SMILES string of the molecule is [C-]#[N+]c1ccc(OC2C(C)(C)C(Nc3ccc(C(=O)N4CCC(CN5Cc6cc7c(cc6C5)C(=O)N([C@@H]5CCC(=O)NC5=O)C7=O)CC4)cc3)C2(C)C)cc1Cl. The van der Waals surface area contributed by atoms with Gasteiger partial charge in [0.2, 0.25) is 17.5 Å². The number of benzene rings is 3. The maximum Gasteiger partial charge on any atom is 0.262 e. The van der Waals surface area contributed by atoms with E-state index in [1.807, 2.05) is 29.2 Å². The molecule has 0 spiro atoms. The highest BCUT2D eigenvalue weighted by molar-refractivity contribution is 6.33. The Morgan fingerprint density at radius 3 is 2.11 bits per heavy atom. The number of hydrogen-bond donors (Lipinski definition) is 2. The summed E-state index contributed by atoms with van der Waals surface area (Å²) in [6.45, 7) is 19.5. The van der Waals surface area contributed by atoms with Gasteiger partial charge in [0.05, 0.1) is 22.7 Å². The summed E-state index contributed by atoms with van der Waals surface area (Å²) in [4.78, 5) is 72.9. The minimum absolute atomic E-state index is 0.0273. The first-order valence-corrected chi connectivity index (χ1v) is 19.6. The van der Waals surface area contributed by atoms with Crippen molar-refractivity contribution in [1.82, 2.24) is 20.0 Å². The number of nitrogens with one attached hydrogen (secondary N) is 2. The second-order valence-corrected chi connectivity index (χ2v) is 17.4. The van der Waals surface area contributed by atoms with Gasteiger partial charge in [-0.2, -0.15) is 0 Å². The molecule has 12 nitrogen and oxygen atoms in total. The number of fused-ring (bicyclic) bond motifs is 2. The minimum atomic E-state index is -0.974. The number of carbonyl (C=O) groups is 5. The number of anilines is 1. The van der Waals surface area contributed by atoms with Gasteiger partial charge in [-0.05, 0) is 84.8 Å². The van der Waals surface area contributed by atoms with Crippen molar-refractivity contribution in [1.29, 1.82) is 0 Å². The van der Waals surface area contributed by atoms with Crippen molar-refractivity contribution in [3.05, 3.63) is 98.9 Å². The summed E-state index contributed by atoms with van der Waals surface area (Å²) in [6, 6.07) is 15.6. The van der Waals surface area contributed by atoms with Crippen LogP contribution in [0.1, 0.15) is 95.6 Å². The standard InChI is InChI=1S/C43H45ClN6O6/c1-42(2)40(43(3,4)41(42)56-29-10-11-33(45-5)32(44)20-29)46-28-8-6-25(7-9-28)37(53)49-16-14-24(15-17-49)21-48-22-26-18-30-31(19-27(26)23-48)39(55)50(38(30)54)34-12-13-35(51)47-36(34)52/h6-11,18-20,24,34,40-41,46H,12-17,21-23H2,1-4H3,(H,47,51,52)/t34-,40?,41?/m1/s1. The van der Waals surface area contributed by atoms with Gasteiger partial charge in [-0.25, -0.2) is 4.85 Å². The van der Waals surface area contributed by atoms with Crippen LogP contribution in [0.2, 0.25) is 5.02 Å². The topological polar surface area (TPSA) is 133 Å². The first-order chi connectivity index (χ1) is 26.6. The molecule has 2 saturated heterocycles. The van der Waals surface area contributed by atoms with E-state index in [0.717, 1.165) is 41.1 Å². The van der Waals surface area contributed by atoms with E-state index in [9.17, 15) is 24.0 Å². The first-order valence-electron chi connectivity index (χ1n) is 19.2. The van der Waals surface area contributed by atoms with Gasteiger partial charge in [0, 0.05) is 67.3 Å². The molecule has 4 heterocycles. The molecule has 4 aliphatic heterocycles. The van der Waals surface area contributed by atoms with Crippen molar-refractivity contribution in [3.63, 3.8) is 0 Å². The zero-order chi connectivity index (χ0) is 39.7.